The Morgan fingerprint density at radius 3 is 3.07 bits per heavy atom. The second-order valence-electron chi connectivity index (χ2n) is 3.21. The fourth-order valence-electron chi connectivity index (χ4n) is 1.42. The zero-order chi connectivity index (χ0) is 10.4. The first-order valence-corrected chi connectivity index (χ1v) is 4.95. The van der Waals surface area contributed by atoms with Gasteiger partial charge in [0.15, 0.2) is 0 Å². The fraction of sp³-hybridized carbons (Fsp3) is 0.889. The van der Waals surface area contributed by atoms with Crippen LogP contribution in [0.5, 0.6) is 0 Å². The number of morpholine rings is 1. The molecule has 1 aliphatic heterocycles. The number of hydrogen-bond acceptors (Lipinski definition) is 4. The van der Waals surface area contributed by atoms with Crippen LogP contribution in [0.4, 0.5) is 0 Å². The molecular formula is C9H18N2O3. The lowest BCUT2D eigenvalue weighted by Crippen LogP contribution is -2.47. The number of carbonyl (C=O) groups excluding carboxylic acids is 1. The molecule has 1 rings (SSSR count). The van der Waals surface area contributed by atoms with Gasteiger partial charge in [0.1, 0.15) is 6.61 Å². The number of nitrogens with two attached hydrogens (primary N) is 1. The van der Waals surface area contributed by atoms with Crippen molar-refractivity contribution < 1.29 is 14.3 Å². The smallest absolute Gasteiger partial charge is 0.248 e. The molecule has 14 heavy (non-hydrogen) atoms. The van der Waals surface area contributed by atoms with E-state index in [9.17, 15) is 4.79 Å². The largest absolute Gasteiger partial charge is 0.375 e. The Labute approximate surface area is 84.1 Å². The number of hydrogen-bond donors (Lipinski definition) is 1. The molecule has 2 N–H and O–H groups in total. The molecule has 5 nitrogen and oxygen atoms in total. The maximum atomic E-state index is 11.4. The van der Waals surface area contributed by atoms with Crippen molar-refractivity contribution in [1.82, 2.24) is 4.90 Å². The minimum atomic E-state index is -0.0537. The van der Waals surface area contributed by atoms with Crippen molar-refractivity contribution in [3.8, 4) is 0 Å². The topological polar surface area (TPSA) is 64.8 Å². The third kappa shape index (κ3) is 3.25. The average Bonchev–Trinajstić information content (AvgIpc) is 2.20. The molecule has 1 amide bonds. The van der Waals surface area contributed by atoms with E-state index in [1.807, 2.05) is 6.92 Å². The monoisotopic (exact) mass is 202 g/mol. The third-order valence-electron chi connectivity index (χ3n) is 2.17. The Kier molecular flexibility index (Phi) is 4.86. The standard InChI is InChI=1S/C9H18N2O3/c1-2-14-8(5-10)6-11-3-4-13-7-9(11)12/h8H,2-7,10H2,1H3. The lowest BCUT2D eigenvalue weighted by molar-refractivity contribution is -0.144. The zero-order valence-electron chi connectivity index (χ0n) is 8.57. The first kappa shape index (κ1) is 11.4. The van der Waals surface area contributed by atoms with Crippen LogP contribution in [0.15, 0.2) is 0 Å². The van der Waals surface area contributed by atoms with E-state index in [-0.39, 0.29) is 18.6 Å². The molecule has 0 saturated carbocycles. The molecule has 0 aromatic rings. The van der Waals surface area contributed by atoms with E-state index in [4.69, 9.17) is 15.2 Å². The molecule has 0 aromatic heterocycles. The lowest BCUT2D eigenvalue weighted by Gasteiger charge is -2.29. The summed E-state index contributed by atoms with van der Waals surface area (Å²) in [5.74, 6) is 0.0226. The van der Waals surface area contributed by atoms with E-state index in [1.165, 1.54) is 0 Å². The molecule has 1 unspecified atom stereocenters. The van der Waals surface area contributed by atoms with E-state index in [0.717, 1.165) is 0 Å². The lowest BCUT2D eigenvalue weighted by atomic mass is 10.3. The van der Waals surface area contributed by atoms with Gasteiger partial charge in [-0.2, -0.15) is 0 Å². The quantitative estimate of drug-likeness (QED) is 0.634. The molecule has 5 heteroatoms. The molecule has 0 bridgehead atoms. The van der Waals surface area contributed by atoms with Crippen molar-refractivity contribution in [3.63, 3.8) is 0 Å². The van der Waals surface area contributed by atoms with Crippen LogP contribution < -0.4 is 5.73 Å². The molecule has 0 radical (unpaired) electrons. The van der Waals surface area contributed by atoms with Crippen molar-refractivity contribution in [2.24, 2.45) is 5.73 Å². The normalized spacial score (nSPS) is 19.9. The number of ether oxygens (including phenoxy) is 2. The molecule has 0 spiro atoms. The maximum absolute atomic E-state index is 11.4. The summed E-state index contributed by atoms with van der Waals surface area (Å²) in [4.78, 5) is 13.1. The van der Waals surface area contributed by atoms with Crippen molar-refractivity contribution in [3.05, 3.63) is 0 Å². The van der Waals surface area contributed by atoms with Crippen LogP contribution in [0.2, 0.25) is 0 Å². The first-order valence-electron chi connectivity index (χ1n) is 4.95. The highest BCUT2D eigenvalue weighted by Crippen LogP contribution is 2.02. The van der Waals surface area contributed by atoms with Gasteiger partial charge in [0.2, 0.25) is 5.91 Å². The van der Waals surface area contributed by atoms with Crippen LogP contribution in [0.3, 0.4) is 0 Å². The van der Waals surface area contributed by atoms with Crippen LogP contribution in [0.25, 0.3) is 0 Å². The summed E-state index contributed by atoms with van der Waals surface area (Å²) < 4.78 is 10.4. The molecule has 1 fully saturated rings. The average molecular weight is 202 g/mol. The highest BCUT2D eigenvalue weighted by molar-refractivity contribution is 5.78. The summed E-state index contributed by atoms with van der Waals surface area (Å²) in [5, 5.41) is 0. The van der Waals surface area contributed by atoms with E-state index in [0.29, 0.717) is 32.8 Å². The van der Waals surface area contributed by atoms with E-state index < -0.39 is 0 Å². The summed E-state index contributed by atoms with van der Waals surface area (Å²) in [6.45, 7) is 5.00. The molecule has 1 heterocycles. The van der Waals surface area contributed by atoms with Gasteiger partial charge in [0, 0.05) is 26.2 Å². The summed E-state index contributed by atoms with van der Waals surface area (Å²) >= 11 is 0. The Balaban J connectivity index is 2.35. The van der Waals surface area contributed by atoms with Crippen molar-refractivity contribution in [1.29, 1.82) is 0 Å². The van der Waals surface area contributed by atoms with E-state index in [1.54, 1.807) is 4.90 Å². The molecule has 1 saturated heterocycles. The van der Waals surface area contributed by atoms with Crippen molar-refractivity contribution >= 4 is 5.91 Å². The van der Waals surface area contributed by atoms with Gasteiger partial charge in [-0.1, -0.05) is 0 Å². The van der Waals surface area contributed by atoms with E-state index >= 15 is 0 Å². The number of amides is 1. The summed E-state index contributed by atoms with van der Waals surface area (Å²) in [5.41, 5.74) is 5.53. The predicted octanol–water partition coefficient (Wildman–Crippen LogP) is -0.791. The molecule has 1 atom stereocenters. The summed E-state index contributed by atoms with van der Waals surface area (Å²) in [6.07, 6.45) is -0.0537. The first-order chi connectivity index (χ1) is 6.77. The number of nitrogens with zero attached hydrogens (tertiary/aromatic N) is 1. The van der Waals surface area contributed by atoms with Crippen LogP contribution in [-0.2, 0) is 14.3 Å². The maximum Gasteiger partial charge on any atom is 0.248 e. The van der Waals surface area contributed by atoms with Crippen LogP contribution in [0, 0.1) is 0 Å². The summed E-state index contributed by atoms with van der Waals surface area (Å²) in [7, 11) is 0. The van der Waals surface area contributed by atoms with E-state index in [2.05, 4.69) is 0 Å². The third-order valence-corrected chi connectivity index (χ3v) is 2.17. The predicted molar refractivity (Wildman–Crippen MR) is 51.9 cm³/mol. The second-order valence-corrected chi connectivity index (χ2v) is 3.21. The SMILES string of the molecule is CCOC(CN)CN1CCOCC1=O. The highest BCUT2D eigenvalue weighted by atomic mass is 16.5. The van der Waals surface area contributed by atoms with Gasteiger partial charge in [0.05, 0.1) is 12.7 Å². The number of carbonyl (C=O) groups is 1. The van der Waals surface area contributed by atoms with Crippen molar-refractivity contribution in [2.75, 3.05) is 39.5 Å². The van der Waals surface area contributed by atoms with Gasteiger partial charge in [-0.25, -0.2) is 0 Å². The Bertz CT molecular complexity index is 187. The van der Waals surface area contributed by atoms with Gasteiger partial charge < -0.3 is 20.1 Å². The van der Waals surface area contributed by atoms with Gasteiger partial charge in [-0.05, 0) is 6.92 Å². The zero-order valence-corrected chi connectivity index (χ0v) is 8.57. The fourth-order valence-corrected chi connectivity index (χ4v) is 1.42. The van der Waals surface area contributed by atoms with Gasteiger partial charge in [-0.3, -0.25) is 4.79 Å². The van der Waals surface area contributed by atoms with Gasteiger partial charge in [-0.15, -0.1) is 0 Å². The number of rotatable bonds is 5. The van der Waals surface area contributed by atoms with Crippen LogP contribution in [-0.4, -0.2) is 56.4 Å². The van der Waals surface area contributed by atoms with Crippen LogP contribution in [0.1, 0.15) is 6.92 Å². The second kappa shape index (κ2) is 5.95. The minimum Gasteiger partial charge on any atom is -0.375 e. The summed E-state index contributed by atoms with van der Waals surface area (Å²) in [6, 6.07) is 0. The van der Waals surface area contributed by atoms with Gasteiger partial charge >= 0.3 is 0 Å². The van der Waals surface area contributed by atoms with Crippen molar-refractivity contribution in [2.45, 2.75) is 13.0 Å². The van der Waals surface area contributed by atoms with Gasteiger partial charge in [0.25, 0.3) is 0 Å². The molecule has 0 aromatic carbocycles. The minimum absolute atomic E-state index is 0.0226. The Morgan fingerprint density at radius 1 is 1.71 bits per heavy atom. The Hall–Kier alpha value is -0.650. The van der Waals surface area contributed by atoms with Crippen LogP contribution >= 0.6 is 0 Å². The molecule has 0 aliphatic carbocycles. The molecule has 82 valence electrons. The highest BCUT2D eigenvalue weighted by Gasteiger charge is 2.21. The Morgan fingerprint density at radius 2 is 2.50 bits per heavy atom. The molecular weight excluding hydrogens is 184 g/mol. The molecule has 1 aliphatic rings.